The fourth-order valence-electron chi connectivity index (χ4n) is 2.51. The lowest BCUT2D eigenvalue weighted by molar-refractivity contribution is -0.120. The number of benzene rings is 3. The van der Waals surface area contributed by atoms with Crippen LogP contribution < -0.4 is 15.0 Å². The molecule has 1 amide bonds. The van der Waals surface area contributed by atoms with Crippen LogP contribution in [0.15, 0.2) is 84.0 Å². The molecule has 0 saturated heterocycles. The van der Waals surface area contributed by atoms with Crippen LogP contribution in [0.5, 0.6) is 11.5 Å². The van der Waals surface area contributed by atoms with E-state index in [2.05, 4.69) is 10.5 Å². The van der Waals surface area contributed by atoms with Gasteiger partial charge in [-0.1, -0.05) is 41.6 Å². The first-order chi connectivity index (χ1) is 14.1. The molecule has 0 bridgehead atoms. The molecule has 3 rings (SSSR count). The first-order valence-corrected chi connectivity index (χ1v) is 9.16. The molecule has 6 heteroatoms. The van der Waals surface area contributed by atoms with E-state index in [-0.39, 0.29) is 12.5 Å². The van der Waals surface area contributed by atoms with Gasteiger partial charge in [0.05, 0.1) is 6.21 Å². The molecule has 0 fully saturated rings. The Morgan fingerprint density at radius 1 is 0.966 bits per heavy atom. The van der Waals surface area contributed by atoms with Gasteiger partial charge in [0.15, 0.2) is 6.61 Å². The van der Waals surface area contributed by atoms with Gasteiger partial charge < -0.3 is 19.8 Å². The first kappa shape index (κ1) is 19.9. The smallest absolute Gasteiger partial charge is 0.265 e. The standard InChI is InChI=1S/C23H23N3O3/c1-26(2)20-13-11-18(12-14-20)16-24-28-17-23(27)25-19-7-6-10-22(15-19)29-21-8-4-3-5-9-21/h3-16H,17H2,1-2H3,(H,25,27)/b24-16+. The number of carbonyl (C=O) groups excluding carboxylic acids is 1. The van der Waals surface area contributed by atoms with Crippen molar-refractivity contribution < 1.29 is 14.4 Å². The maximum atomic E-state index is 12.1. The SMILES string of the molecule is CN(C)c1ccc(/C=N/OCC(=O)Nc2cccc(Oc3ccccc3)c2)cc1. The maximum Gasteiger partial charge on any atom is 0.265 e. The first-order valence-electron chi connectivity index (χ1n) is 9.16. The second kappa shape index (κ2) is 9.94. The minimum absolute atomic E-state index is 0.184. The molecule has 0 aromatic heterocycles. The minimum Gasteiger partial charge on any atom is -0.457 e. The number of ether oxygens (including phenoxy) is 1. The summed E-state index contributed by atoms with van der Waals surface area (Å²) in [6.45, 7) is -0.184. The van der Waals surface area contributed by atoms with E-state index in [0.29, 0.717) is 11.4 Å². The molecule has 0 radical (unpaired) electrons. The van der Waals surface area contributed by atoms with Crippen LogP contribution in [0.3, 0.4) is 0 Å². The monoisotopic (exact) mass is 389 g/mol. The van der Waals surface area contributed by atoms with Crippen molar-refractivity contribution in [2.24, 2.45) is 5.16 Å². The zero-order valence-electron chi connectivity index (χ0n) is 16.4. The molecule has 0 atom stereocenters. The number of hydrogen-bond acceptors (Lipinski definition) is 5. The second-order valence-electron chi connectivity index (χ2n) is 6.49. The third-order valence-electron chi connectivity index (χ3n) is 3.98. The number of nitrogens with one attached hydrogen (secondary N) is 1. The molecular formula is C23H23N3O3. The van der Waals surface area contributed by atoms with Gasteiger partial charge >= 0.3 is 0 Å². The van der Waals surface area contributed by atoms with Crippen molar-refractivity contribution in [1.29, 1.82) is 0 Å². The summed E-state index contributed by atoms with van der Waals surface area (Å²) in [5.41, 5.74) is 2.61. The van der Waals surface area contributed by atoms with E-state index in [1.165, 1.54) is 0 Å². The number of oxime groups is 1. The van der Waals surface area contributed by atoms with E-state index in [1.807, 2.05) is 85.7 Å². The van der Waals surface area contributed by atoms with E-state index < -0.39 is 0 Å². The van der Waals surface area contributed by atoms with Crippen molar-refractivity contribution in [3.05, 3.63) is 84.4 Å². The Hall–Kier alpha value is -3.80. The molecule has 0 saturated carbocycles. The Morgan fingerprint density at radius 3 is 2.41 bits per heavy atom. The topological polar surface area (TPSA) is 63.2 Å². The number of hydrogen-bond donors (Lipinski definition) is 1. The van der Waals surface area contributed by atoms with Gasteiger partial charge in [0.1, 0.15) is 11.5 Å². The zero-order valence-corrected chi connectivity index (χ0v) is 16.4. The lowest BCUT2D eigenvalue weighted by Crippen LogP contribution is -2.16. The van der Waals surface area contributed by atoms with Crippen LogP contribution in [0.4, 0.5) is 11.4 Å². The highest BCUT2D eigenvalue weighted by Gasteiger charge is 2.04. The number of amides is 1. The van der Waals surface area contributed by atoms with Crippen molar-refractivity contribution >= 4 is 23.5 Å². The quantitative estimate of drug-likeness (QED) is 0.454. The summed E-state index contributed by atoms with van der Waals surface area (Å²) in [5.74, 6) is 1.06. The van der Waals surface area contributed by atoms with Crippen LogP contribution in [-0.2, 0) is 9.63 Å². The zero-order chi connectivity index (χ0) is 20.5. The van der Waals surface area contributed by atoms with E-state index in [1.54, 1.807) is 18.3 Å². The third-order valence-corrected chi connectivity index (χ3v) is 3.98. The van der Waals surface area contributed by atoms with Crippen LogP contribution in [-0.4, -0.2) is 32.8 Å². The fraction of sp³-hybridized carbons (Fsp3) is 0.130. The highest BCUT2D eigenvalue weighted by atomic mass is 16.6. The number of carbonyl (C=O) groups is 1. The van der Waals surface area contributed by atoms with Crippen LogP contribution in [0, 0.1) is 0 Å². The molecule has 0 unspecified atom stereocenters. The van der Waals surface area contributed by atoms with Gasteiger partial charge in [-0.15, -0.1) is 0 Å². The van der Waals surface area contributed by atoms with Crippen molar-refractivity contribution in [3.8, 4) is 11.5 Å². The van der Waals surface area contributed by atoms with Gasteiger partial charge in [0.2, 0.25) is 0 Å². The number of anilines is 2. The Balaban J connectivity index is 1.47. The number of para-hydroxylation sites is 1. The lowest BCUT2D eigenvalue weighted by atomic mass is 10.2. The van der Waals surface area contributed by atoms with Gasteiger partial charge in [-0.05, 0) is 42.0 Å². The Kier molecular flexibility index (Phi) is 6.84. The van der Waals surface area contributed by atoms with E-state index in [0.717, 1.165) is 17.0 Å². The molecular weight excluding hydrogens is 366 g/mol. The normalized spacial score (nSPS) is 10.6. The molecule has 148 valence electrons. The van der Waals surface area contributed by atoms with Gasteiger partial charge in [0, 0.05) is 31.5 Å². The summed E-state index contributed by atoms with van der Waals surface area (Å²) in [5, 5.41) is 6.61. The lowest BCUT2D eigenvalue weighted by Gasteiger charge is -2.11. The molecule has 0 aliphatic carbocycles. The predicted molar refractivity (Wildman–Crippen MR) is 116 cm³/mol. The molecule has 0 aliphatic heterocycles. The molecule has 3 aromatic rings. The van der Waals surface area contributed by atoms with Crippen molar-refractivity contribution in [2.75, 3.05) is 30.9 Å². The molecule has 0 spiro atoms. The average Bonchev–Trinajstić information content (AvgIpc) is 2.72. The van der Waals surface area contributed by atoms with E-state index >= 15 is 0 Å². The maximum absolute atomic E-state index is 12.1. The van der Waals surface area contributed by atoms with Gasteiger partial charge in [-0.3, -0.25) is 4.79 Å². The largest absolute Gasteiger partial charge is 0.457 e. The Labute approximate surface area is 170 Å². The van der Waals surface area contributed by atoms with Crippen molar-refractivity contribution in [1.82, 2.24) is 0 Å². The number of nitrogens with zero attached hydrogens (tertiary/aromatic N) is 2. The molecule has 0 aliphatic rings. The van der Waals surface area contributed by atoms with E-state index in [4.69, 9.17) is 9.57 Å². The van der Waals surface area contributed by atoms with Crippen LogP contribution in [0.25, 0.3) is 0 Å². The van der Waals surface area contributed by atoms with Crippen LogP contribution >= 0.6 is 0 Å². The molecule has 3 aromatic carbocycles. The third kappa shape index (κ3) is 6.39. The van der Waals surface area contributed by atoms with Crippen molar-refractivity contribution in [2.45, 2.75) is 0 Å². The summed E-state index contributed by atoms with van der Waals surface area (Å²) in [6, 6.07) is 24.4. The highest BCUT2D eigenvalue weighted by molar-refractivity contribution is 5.92. The molecule has 0 heterocycles. The summed E-state index contributed by atoms with van der Waals surface area (Å²) >= 11 is 0. The van der Waals surface area contributed by atoms with Gasteiger partial charge in [0.25, 0.3) is 5.91 Å². The van der Waals surface area contributed by atoms with Crippen LogP contribution in [0.1, 0.15) is 5.56 Å². The molecule has 6 nitrogen and oxygen atoms in total. The minimum atomic E-state index is -0.304. The Morgan fingerprint density at radius 2 is 1.69 bits per heavy atom. The highest BCUT2D eigenvalue weighted by Crippen LogP contribution is 2.23. The predicted octanol–water partition coefficient (Wildman–Crippen LogP) is 4.53. The average molecular weight is 389 g/mol. The number of rotatable bonds is 8. The van der Waals surface area contributed by atoms with E-state index in [9.17, 15) is 4.79 Å². The summed E-state index contributed by atoms with van der Waals surface area (Å²) < 4.78 is 5.76. The summed E-state index contributed by atoms with van der Waals surface area (Å²) in [6.07, 6.45) is 1.57. The van der Waals surface area contributed by atoms with Gasteiger partial charge in [-0.2, -0.15) is 0 Å². The Bertz CT molecular complexity index is 955. The molecule has 29 heavy (non-hydrogen) atoms. The second-order valence-corrected chi connectivity index (χ2v) is 6.49. The summed E-state index contributed by atoms with van der Waals surface area (Å²) in [4.78, 5) is 19.2. The van der Waals surface area contributed by atoms with Gasteiger partial charge in [-0.25, -0.2) is 0 Å². The van der Waals surface area contributed by atoms with Crippen molar-refractivity contribution in [3.63, 3.8) is 0 Å². The summed E-state index contributed by atoms with van der Waals surface area (Å²) in [7, 11) is 3.96. The molecule has 1 N–H and O–H groups in total. The van der Waals surface area contributed by atoms with Crippen LogP contribution in [0.2, 0.25) is 0 Å². The fourth-order valence-corrected chi connectivity index (χ4v) is 2.51.